The van der Waals surface area contributed by atoms with Crippen LogP contribution in [0.4, 0.5) is 10.1 Å². The van der Waals surface area contributed by atoms with Crippen LogP contribution < -0.4 is 5.73 Å². The molecule has 0 aromatic heterocycles. The van der Waals surface area contributed by atoms with Gasteiger partial charge in [-0.25, -0.2) is 9.18 Å². The van der Waals surface area contributed by atoms with Crippen LogP contribution in [0, 0.1) is 5.82 Å². The Morgan fingerprint density at radius 3 is 2.67 bits per heavy atom. The summed E-state index contributed by atoms with van der Waals surface area (Å²) in [5.74, 6) is -1.07. The number of hydrogen-bond acceptors (Lipinski definition) is 4. The molecule has 0 aliphatic rings. The van der Waals surface area contributed by atoms with Crippen LogP contribution in [0.25, 0.3) is 0 Å². The molecule has 1 aromatic carbocycles. The van der Waals surface area contributed by atoms with Crippen molar-refractivity contribution in [1.82, 2.24) is 0 Å². The van der Waals surface area contributed by atoms with Crippen molar-refractivity contribution in [1.29, 1.82) is 0 Å². The van der Waals surface area contributed by atoms with Gasteiger partial charge < -0.3 is 15.2 Å². The fraction of sp³-hybridized carbons (Fsp3) is 0.462. The highest BCUT2D eigenvalue weighted by Gasteiger charge is 2.17. The van der Waals surface area contributed by atoms with Crippen LogP contribution in [0.15, 0.2) is 18.2 Å². The van der Waals surface area contributed by atoms with Gasteiger partial charge in [0.1, 0.15) is 5.82 Å². The molecular weight excluding hydrogens is 237 g/mol. The van der Waals surface area contributed by atoms with Crippen molar-refractivity contribution in [3.8, 4) is 0 Å². The number of nitrogen functional groups attached to an aromatic ring is 1. The van der Waals surface area contributed by atoms with Crippen LogP contribution in [0.5, 0.6) is 0 Å². The van der Waals surface area contributed by atoms with Gasteiger partial charge in [-0.05, 0) is 32.0 Å². The molecule has 0 heterocycles. The summed E-state index contributed by atoms with van der Waals surface area (Å²) < 4.78 is 23.2. The molecule has 0 radical (unpaired) electrons. The summed E-state index contributed by atoms with van der Waals surface area (Å²) in [6.07, 6.45) is 0.575. The molecule has 0 aliphatic heterocycles. The van der Waals surface area contributed by atoms with Gasteiger partial charge >= 0.3 is 5.97 Å². The van der Waals surface area contributed by atoms with Crippen LogP contribution >= 0.6 is 0 Å². The predicted molar refractivity (Wildman–Crippen MR) is 66.8 cm³/mol. The molecule has 100 valence electrons. The molecule has 18 heavy (non-hydrogen) atoms. The highest BCUT2D eigenvalue weighted by Crippen LogP contribution is 2.15. The van der Waals surface area contributed by atoms with Gasteiger partial charge in [-0.3, -0.25) is 0 Å². The highest BCUT2D eigenvalue weighted by atomic mass is 19.1. The molecule has 0 saturated heterocycles. The number of carbonyl (C=O) groups is 1. The molecule has 0 saturated carbocycles. The molecule has 0 aliphatic carbocycles. The lowest BCUT2D eigenvalue weighted by Gasteiger charge is -2.22. The fourth-order valence-electron chi connectivity index (χ4n) is 1.25. The van der Waals surface area contributed by atoms with Crippen molar-refractivity contribution >= 4 is 11.7 Å². The van der Waals surface area contributed by atoms with E-state index in [1.165, 1.54) is 12.1 Å². The van der Waals surface area contributed by atoms with Gasteiger partial charge in [0.2, 0.25) is 0 Å². The number of anilines is 1. The maximum absolute atomic E-state index is 12.9. The van der Waals surface area contributed by atoms with Gasteiger partial charge in [-0.2, -0.15) is 0 Å². The Hall–Kier alpha value is -1.62. The zero-order valence-corrected chi connectivity index (χ0v) is 10.8. The third-order valence-electron chi connectivity index (χ3n) is 2.72. The topological polar surface area (TPSA) is 61.5 Å². The number of carbonyl (C=O) groups excluding carboxylic acids is 1. The largest absolute Gasteiger partial charge is 0.462 e. The number of esters is 1. The molecule has 2 N–H and O–H groups in total. The van der Waals surface area contributed by atoms with Crippen molar-refractivity contribution in [2.45, 2.75) is 25.9 Å². The quantitative estimate of drug-likeness (QED) is 0.648. The Bertz CT molecular complexity index is 432. The Morgan fingerprint density at radius 2 is 2.11 bits per heavy atom. The van der Waals surface area contributed by atoms with Gasteiger partial charge in [0.15, 0.2) is 0 Å². The zero-order chi connectivity index (χ0) is 13.8. The standard InChI is InChI=1S/C13H18FNO3/c1-13(2,17-3)6-7-18-12(16)9-4-5-10(14)11(15)8-9/h4-5,8H,6-7,15H2,1-3H3. The van der Waals surface area contributed by atoms with Crippen molar-refractivity contribution in [2.75, 3.05) is 19.5 Å². The molecule has 0 unspecified atom stereocenters. The van der Waals surface area contributed by atoms with Gasteiger partial charge in [-0.1, -0.05) is 0 Å². The van der Waals surface area contributed by atoms with E-state index >= 15 is 0 Å². The first-order chi connectivity index (χ1) is 8.35. The molecule has 0 spiro atoms. The second-order valence-corrected chi connectivity index (χ2v) is 4.59. The Kier molecular flexibility index (Phi) is 4.67. The predicted octanol–water partition coefficient (Wildman–Crippen LogP) is 2.38. The number of ether oxygens (including phenoxy) is 2. The number of halogens is 1. The molecule has 1 rings (SSSR count). The van der Waals surface area contributed by atoms with Crippen molar-refractivity contribution in [3.05, 3.63) is 29.6 Å². The van der Waals surface area contributed by atoms with E-state index in [9.17, 15) is 9.18 Å². The SMILES string of the molecule is COC(C)(C)CCOC(=O)c1ccc(F)c(N)c1. The van der Waals surface area contributed by atoms with Gasteiger partial charge in [0, 0.05) is 13.5 Å². The lowest BCUT2D eigenvalue weighted by molar-refractivity contribution is -0.00563. The van der Waals surface area contributed by atoms with E-state index < -0.39 is 11.8 Å². The average Bonchev–Trinajstić information content (AvgIpc) is 2.32. The summed E-state index contributed by atoms with van der Waals surface area (Å²) in [6.45, 7) is 4.03. The number of hydrogen-bond donors (Lipinski definition) is 1. The van der Waals surface area contributed by atoms with Gasteiger partial charge in [-0.15, -0.1) is 0 Å². The van der Waals surface area contributed by atoms with Crippen LogP contribution in [-0.4, -0.2) is 25.3 Å². The first-order valence-corrected chi connectivity index (χ1v) is 5.63. The van der Waals surface area contributed by atoms with Crippen LogP contribution in [0.3, 0.4) is 0 Å². The lowest BCUT2D eigenvalue weighted by atomic mass is 10.1. The van der Waals surface area contributed by atoms with Crippen LogP contribution in [0.1, 0.15) is 30.6 Å². The maximum Gasteiger partial charge on any atom is 0.338 e. The maximum atomic E-state index is 12.9. The molecule has 0 bridgehead atoms. The average molecular weight is 255 g/mol. The van der Waals surface area contributed by atoms with E-state index in [-0.39, 0.29) is 23.5 Å². The summed E-state index contributed by atoms with van der Waals surface area (Å²) in [7, 11) is 1.60. The fourth-order valence-corrected chi connectivity index (χ4v) is 1.25. The second-order valence-electron chi connectivity index (χ2n) is 4.59. The first-order valence-electron chi connectivity index (χ1n) is 5.63. The van der Waals surface area contributed by atoms with Crippen molar-refractivity contribution in [2.24, 2.45) is 0 Å². The van der Waals surface area contributed by atoms with E-state index in [1.54, 1.807) is 7.11 Å². The highest BCUT2D eigenvalue weighted by molar-refractivity contribution is 5.90. The van der Waals surface area contributed by atoms with Crippen LogP contribution in [-0.2, 0) is 9.47 Å². The summed E-state index contributed by atoms with van der Waals surface area (Å²) in [5, 5.41) is 0. The van der Waals surface area contributed by atoms with E-state index in [2.05, 4.69) is 0 Å². The number of benzene rings is 1. The number of methoxy groups -OCH3 is 1. The minimum atomic E-state index is -0.549. The third-order valence-corrected chi connectivity index (χ3v) is 2.72. The molecule has 1 aromatic rings. The first kappa shape index (κ1) is 14.4. The Morgan fingerprint density at radius 1 is 1.44 bits per heavy atom. The van der Waals surface area contributed by atoms with E-state index in [0.717, 1.165) is 6.07 Å². The van der Waals surface area contributed by atoms with E-state index in [1.807, 2.05) is 13.8 Å². The molecule has 0 atom stereocenters. The smallest absolute Gasteiger partial charge is 0.338 e. The Labute approximate surface area is 106 Å². The summed E-state index contributed by atoms with van der Waals surface area (Å²) in [6, 6.07) is 3.75. The van der Waals surface area contributed by atoms with E-state index in [0.29, 0.717) is 6.42 Å². The lowest BCUT2D eigenvalue weighted by Crippen LogP contribution is -2.25. The third kappa shape index (κ3) is 4.00. The van der Waals surface area contributed by atoms with Gasteiger partial charge in [0.05, 0.1) is 23.5 Å². The van der Waals surface area contributed by atoms with Crippen molar-refractivity contribution in [3.63, 3.8) is 0 Å². The molecule has 5 heteroatoms. The number of nitrogens with two attached hydrogens (primary N) is 1. The van der Waals surface area contributed by atoms with E-state index in [4.69, 9.17) is 15.2 Å². The number of rotatable bonds is 5. The molecule has 4 nitrogen and oxygen atoms in total. The molecule has 0 amide bonds. The normalized spacial score (nSPS) is 11.3. The minimum Gasteiger partial charge on any atom is -0.462 e. The summed E-state index contributed by atoms with van der Waals surface area (Å²) >= 11 is 0. The monoisotopic (exact) mass is 255 g/mol. The second kappa shape index (κ2) is 5.82. The Balaban J connectivity index is 2.53. The summed E-state index contributed by atoms with van der Waals surface area (Å²) in [4.78, 5) is 11.6. The zero-order valence-electron chi connectivity index (χ0n) is 10.8. The minimum absolute atomic E-state index is 0.0679. The van der Waals surface area contributed by atoms with Crippen LogP contribution in [0.2, 0.25) is 0 Å². The van der Waals surface area contributed by atoms with Gasteiger partial charge in [0.25, 0.3) is 0 Å². The molecule has 0 fully saturated rings. The molecular formula is C13H18FNO3. The van der Waals surface area contributed by atoms with Crippen molar-refractivity contribution < 1.29 is 18.7 Å². The summed E-state index contributed by atoms with van der Waals surface area (Å²) in [5.41, 5.74) is 5.20.